The zero-order chi connectivity index (χ0) is 22.9. The van der Waals surface area contributed by atoms with Crippen LogP contribution in [0.3, 0.4) is 0 Å². The van der Waals surface area contributed by atoms with E-state index < -0.39 is 0 Å². The number of methoxy groups -OCH3 is 1. The first-order valence-corrected chi connectivity index (χ1v) is 11.2. The van der Waals surface area contributed by atoms with E-state index in [0.29, 0.717) is 13.1 Å². The third kappa shape index (κ3) is 4.12. The van der Waals surface area contributed by atoms with Gasteiger partial charge >= 0.3 is 0 Å². The highest BCUT2D eigenvalue weighted by molar-refractivity contribution is 5.81. The van der Waals surface area contributed by atoms with E-state index in [0.717, 1.165) is 34.5 Å². The van der Waals surface area contributed by atoms with Gasteiger partial charge in [0.05, 0.1) is 32.3 Å². The topological polar surface area (TPSA) is 53.0 Å². The number of aliphatic hydroxyl groups is 1. The van der Waals surface area contributed by atoms with Crippen molar-refractivity contribution in [1.29, 1.82) is 0 Å². The molecule has 0 aromatic heterocycles. The van der Waals surface area contributed by atoms with Crippen LogP contribution < -0.4 is 4.74 Å². The Morgan fingerprint density at radius 1 is 0.970 bits per heavy atom. The predicted octanol–water partition coefficient (Wildman–Crippen LogP) is 3.67. The summed E-state index contributed by atoms with van der Waals surface area (Å²) in [5.41, 5.74) is 4.32. The van der Waals surface area contributed by atoms with E-state index in [2.05, 4.69) is 29.2 Å². The van der Waals surface area contributed by atoms with Crippen molar-refractivity contribution < 1.29 is 19.0 Å². The molecule has 5 nitrogen and oxygen atoms in total. The third-order valence-electron chi connectivity index (χ3n) is 6.86. The summed E-state index contributed by atoms with van der Waals surface area (Å²) in [7, 11) is 1.65. The molecule has 3 aromatic carbocycles. The molecule has 2 saturated heterocycles. The highest BCUT2D eigenvalue weighted by Gasteiger charge is 2.53. The molecule has 0 unspecified atom stereocenters. The van der Waals surface area contributed by atoms with Gasteiger partial charge in [0.2, 0.25) is 5.91 Å². The lowest BCUT2D eigenvalue weighted by molar-refractivity contribution is -0.162. The van der Waals surface area contributed by atoms with Crippen molar-refractivity contribution in [2.45, 2.75) is 24.5 Å². The van der Waals surface area contributed by atoms with Gasteiger partial charge in [-0.15, -0.1) is 0 Å². The first-order valence-electron chi connectivity index (χ1n) is 11.2. The molecule has 1 N–H and O–H groups in total. The smallest absolute Gasteiger partial charge is 0.237 e. The van der Waals surface area contributed by atoms with Crippen LogP contribution in [0.5, 0.6) is 5.75 Å². The average molecular weight is 447 g/mol. The van der Waals surface area contributed by atoms with Gasteiger partial charge in [0.1, 0.15) is 11.6 Å². The number of rotatable bonds is 6. The van der Waals surface area contributed by atoms with Gasteiger partial charge in [-0.3, -0.25) is 9.69 Å². The third-order valence-corrected chi connectivity index (χ3v) is 6.86. The Labute approximate surface area is 193 Å². The van der Waals surface area contributed by atoms with Gasteiger partial charge in [0, 0.05) is 19.0 Å². The molecule has 0 aliphatic carbocycles. The summed E-state index contributed by atoms with van der Waals surface area (Å²) in [4.78, 5) is 16.8. The SMILES string of the molecule is COc1ccc(-c2ccc([C@@H]3[C@@H](CO)N4C(=O)CN(Cc5ccc(F)cc5)C[C@@H]34)cc2)cc1. The Bertz CT molecular complexity index is 1120. The summed E-state index contributed by atoms with van der Waals surface area (Å²) in [6.07, 6.45) is 0. The second kappa shape index (κ2) is 8.96. The van der Waals surface area contributed by atoms with E-state index in [1.807, 2.05) is 29.2 Å². The number of hydrogen-bond acceptors (Lipinski definition) is 4. The average Bonchev–Trinajstić information content (AvgIpc) is 2.83. The zero-order valence-electron chi connectivity index (χ0n) is 18.5. The number of amides is 1. The molecule has 0 bridgehead atoms. The van der Waals surface area contributed by atoms with Crippen LogP contribution in [0, 0.1) is 5.82 Å². The van der Waals surface area contributed by atoms with Crippen molar-refractivity contribution in [2.24, 2.45) is 0 Å². The lowest BCUT2D eigenvalue weighted by atomic mass is 9.73. The van der Waals surface area contributed by atoms with Crippen molar-refractivity contribution >= 4 is 5.91 Å². The molecule has 0 radical (unpaired) electrons. The monoisotopic (exact) mass is 446 g/mol. The lowest BCUT2D eigenvalue weighted by Crippen LogP contribution is -2.72. The van der Waals surface area contributed by atoms with Crippen LogP contribution in [-0.2, 0) is 11.3 Å². The van der Waals surface area contributed by atoms with E-state index >= 15 is 0 Å². The van der Waals surface area contributed by atoms with E-state index in [-0.39, 0.29) is 36.3 Å². The molecule has 6 heteroatoms. The fourth-order valence-corrected chi connectivity index (χ4v) is 5.22. The summed E-state index contributed by atoms with van der Waals surface area (Å²) in [6.45, 7) is 1.59. The van der Waals surface area contributed by atoms with Gasteiger partial charge in [0.25, 0.3) is 0 Å². The summed E-state index contributed by atoms with van der Waals surface area (Å²) in [5, 5.41) is 10.0. The number of fused-ring (bicyclic) bond motifs is 1. The molecule has 2 aliphatic rings. The maximum Gasteiger partial charge on any atom is 0.237 e. The second-order valence-electron chi connectivity index (χ2n) is 8.79. The number of halogens is 1. The molecule has 2 heterocycles. The van der Waals surface area contributed by atoms with Gasteiger partial charge in [-0.1, -0.05) is 48.5 Å². The molecular formula is C27H27FN2O3. The number of aliphatic hydroxyl groups excluding tert-OH is 1. The Balaban J connectivity index is 1.33. The highest BCUT2D eigenvalue weighted by Crippen LogP contribution is 2.43. The van der Waals surface area contributed by atoms with E-state index in [4.69, 9.17) is 4.74 Å². The minimum Gasteiger partial charge on any atom is -0.497 e. The maximum absolute atomic E-state index is 13.2. The van der Waals surface area contributed by atoms with Crippen LogP contribution in [0.2, 0.25) is 0 Å². The number of piperazine rings is 1. The summed E-state index contributed by atoms with van der Waals surface area (Å²) in [5.74, 6) is 0.684. The van der Waals surface area contributed by atoms with Crippen LogP contribution in [-0.4, -0.2) is 59.7 Å². The molecular weight excluding hydrogens is 419 g/mol. The molecule has 0 saturated carbocycles. The predicted molar refractivity (Wildman–Crippen MR) is 124 cm³/mol. The maximum atomic E-state index is 13.2. The first-order chi connectivity index (χ1) is 16.1. The molecule has 5 rings (SSSR count). The van der Waals surface area contributed by atoms with Crippen molar-refractivity contribution in [3.63, 3.8) is 0 Å². The number of carbonyl (C=O) groups excluding carboxylic acids is 1. The van der Waals surface area contributed by atoms with E-state index in [9.17, 15) is 14.3 Å². The van der Waals surface area contributed by atoms with Crippen LogP contribution in [0.15, 0.2) is 72.8 Å². The largest absolute Gasteiger partial charge is 0.497 e. The Kier molecular flexibility index (Phi) is 5.87. The Morgan fingerprint density at radius 3 is 2.21 bits per heavy atom. The summed E-state index contributed by atoms with van der Waals surface area (Å²) < 4.78 is 18.5. The minimum absolute atomic E-state index is 0.0238. The van der Waals surface area contributed by atoms with E-state index in [1.54, 1.807) is 19.2 Å². The number of nitrogens with zero attached hydrogens (tertiary/aromatic N) is 2. The Morgan fingerprint density at radius 2 is 1.61 bits per heavy atom. The highest BCUT2D eigenvalue weighted by atomic mass is 19.1. The van der Waals surface area contributed by atoms with Crippen LogP contribution >= 0.6 is 0 Å². The van der Waals surface area contributed by atoms with Crippen LogP contribution in [0.1, 0.15) is 17.0 Å². The quantitative estimate of drug-likeness (QED) is 0.628. The fourth-order valence-electron chi connectivity index (χ4n) is 5.22. The molecule has 0 spiro atoms. The second-order valence-corrected chi connectivity index (χ2v) is 8.79. The van der Waals surface area contributed by atoms with Crippen molar-refractivity contribution in [2.75, 3.05) is 26.8 Å². The molecule has 2 aliphatic heterocycles. The lowest BCUT2D eigenvalue weighted by Gasteiger charge is -2.59. The first kappa shape index (κ1) is 21.6. The van der Waals surface area contributed by atoms with Gasteiger partial charge in [-0.2, -0.15) is 0 Å². The number of ether oxygens (including phenoxy) is 1. The van der Waals surface area contributed by atoms with Gasteiger partial charge in [-0.25, -0.2) is 4.39 Å². The molecule has 3 aromatic rings. The Hall–Kier alpha value is -3.22. The fraction of sp³-hybridized carbons (Fsp3) is 0.296. The number of hydrogen-bond donors (Lipinski definition) is 1. The molecule has 2 fully saturated rings. The zero-order valence-corrected chi connectivity index (χ0v) is 18.5. The van der Waals surface area contributed by atoms with Gasteiger partial charge in [-0.05, 0) is 46.5 Å². The molecule has 33 heavy (non-hydrogen) atoms. The standard InChI is InChI=1S/C27H27FN2O3/c1-33-23-12-8-20(9-13-23)19-4-6-21(7-5-19)27-24-15-29(14-18-2-10-22(28)11-3-18)16-26(32)30(24)25(27)17-31/h2-13,24-25,27,31H,14-17H2,1H3/t24-,25+,27-/m0/s1. The van der Waals surface area contributed by atoms with Gasteiger partial charge < -0.3 is 14.7 Å². The molecule has 170 valence electrons. The minimum atomic E-state index is -0.262. The number of carbonyl (C=O) groups is 1. The van der Waals surface area contributed by atoms with Gasteiger partial charge in [0.15, 0.2) is 0 Å². The normalized spacial score (nSPS) is 22.6. The summed E-state index contributed by atoms with van der Waals surface area (Å²) in [6, 6.07) is 22.6. The van der Waals surface area contributed by atoms with Crippen molar-refractivity contribution in [1.82, 2.24) is 9.80 Å². The van der Waals surface area contributed by atoms with Crippen molar-refractivity contribution in [3.05, 3.63) is 89.7 Å². The van der Waals surface area contributed by atoms with Crippen LogP contribution in [0.25, 0.3) is 11.1 Å². The summed E-state index contributed by atoms with van der Waals surface area (Å²) >= 11 is 0. The van der Waals surface area contributed by atoms with E-state index in [1.165, 1.54) is 12.1 Å². The molecule has 3 atom stereocenters. The molecule has 1 amide bonds. The van der Waals surface area contributed by atoms with Crippen LogP contribution in [0.4, 0.5) is 4.39 Å². The van der Waals surface area contributed by atoms with Crippen molar-refractivity contribution in [3.8, 4) is 16.9 Å². The number of benzene rings is 3.